The Morgan fingerprint density at radius 3 is 1.41 bits per heavy atom. The second kappa shape index (κ2) is 40.0. The van der Waals surface area contributed by atoms with Crippen molar-refractivity contribution in [1.82, 2.24) is 6.15 Å². The highest BCUT2D eigenvalue weighted by Gasteiger charge is 2.39. The molecule has 2 aliphatic rings. The summed E-state index contributed by atoms with van der Waals surface area (Å²) < 4.78 is 22.7. The first-order valence-corrected chi connectivity index (χ1v) is 31.1. The molecule has 0 aliphatic carbocycles. The number of anilines is 2. The SMILES string of the molecule is CC(=O)O.CC1=C(C#N)C(=C(C#N)C#N)OC1(C)C.CCCCN(CCCC)c1ccc(/C=C/c2ccc(/C=C/C=O)s2)c(OC)c1.N.[C-]#[N+]C1=C(/C=C/C=C/c2ccc(/C=C/c3ccc(N(CCCC)CCCC)cc3OC)s2)C(C)(C)O/C1=C(\C#N)[N+]#[C-]. The summed E-state index contributed by atoms with van der Waals surface area (Å²) in [7, 11) is 3.45. The molecule has 0 fully saturated rings. The van der Waals surface area contributed by atoms with E-state index in [1.807, 2.05) is 62.4 Å². The molecule has 0 radical (unpaired) electrons. The number of benzene rings is 2. The van der Waals surface area contributed by atoms with Gasteiger partial charge in [-0.2, -0.15) is 15.8 Å². The molecule has 4 N–H and O–H groups in total. The maximum atomic E-state index is 10.4. The van der Waals surface area contributed by atoms with E-state index in [1.165, 1.54) is 68.8 Å². The Kier molecular flexibility index (Phi) is 34.0. The number of thiophene rings is 2. The van der Waals surface area contributed by atoms with Crippen molar-refractivity contribution in [2.24, 2.45) is 0 Å². The molecule has 472 valence electrons. The molecule has 18 heteroatoms. The van der Waals surface area contributed by atoms with Crippen LogP contribution in [0.1, 0.15) is 151 Å². The van der Waals surface area contributed by atoms with E-state index in [-0.39, 0.29) is 40.2 Å². The molecule has 0 saturated heterocycles. The molecular formula is C72H85N9O7S2. The number of hydrogen-bond donors (Lipinski definition) is 2. The Labute approximate surface area is 542 Å². The number of aliphatic carboxylic acids is 1. The fourth-order valence-corrected chi connectivity index (χ4v) is 10.5. The van der Waals surface area contributed by atoms with E-state index >= 15 is 0 Å². The quantitative estimate of drug-likeness (QED) is 0.0206. The standard InChI is InChI=1S/C35H38N4O2S.C24H31NO2S.C11H9N3O.C2H4O2.H3N/c1-8-10-22-39(23-11-9-2)27-18-16-26(32(24-27)40-7)17-19-29-21-20-28(42-29)14-12-13-15-30-33(38-6)34(31(25-36)37-5)41-35(30,3)4;1-4-6-16-25(17-7-5-2)21-12-10-20(24(19-21)27-3)11-13-23-15-14-22(28-23)9-8-18-26;1-7-9(6-14)10(8(4-12)5-13)15-11(7,2)3;1-2(3)4;/h12-21,24H,8-11,22-23H2,1-4,7H3;8-15,18-19H,4-7,16-17H2,1-3H3;1-3H3;1H3,(H,3,4);1H3/b14-12+,15-13+,19-17+,34-31+;9-8+,13-11+;;;. The number of nitriles is 4. The number of carbonyl (C=O) groups is 2. The first kappa shape index (κ1) is 76.4. The first-order chi connectivity index (χ1) is 42.7. The summed E-state index contributed by atoms with van der Waals surface area (Å²) in [5, 5.41) is 43.0. The van der Waals surface area contributed by atoms with Gasteiger partial charge in [-0.25, -0.2) is 15.0 Å². The molecule has 90 heavy (non-hydrogen) atoms. The highest BCUT2D eigenvalue weighted by Crippen LogP contribution is 2.42. The number of rotatable bonds is 25. The van der Waals surface area contributed by atoms with Crippen LogP contribution in [-0.2, 0) is 19.1 Å². The molecular weight excluding hydrogens is 1170 g/mol. The fourth-order valence-electron chi connectivity index (χ4n) is 8.81. The first-order valence-electron chi connectivity index (χ1n) is 29.5. The van der Waals surface area contributed by atoms with Gasteiger partial charge in [-0.3, -0.25) is 9.59 Å². The van der Waals surface area contributed by atoms with Crippen LogP contribution in [-0.4, -0.2) is 69.0 Å². The number of hydrogen-bond acceptors (Lipinski definition) is 15. The number of methoxy groups -OCH3 is 2. The van der Waals surface area contributed by atoms with Crippen LogP contribution in [0.2, 0.25) is 0 Å². The van der Waals surface area contributed by atoms with Crippen LogP contribution in [0.4, 0.5) is 11.4 Å². The highest BCUT2D eigenvalue weighted by atomic mass is 32.1. The normalized spacial score (nSPS) is 14.0. The largest absolute Gasteiger partial charge is 0.505 e. The number of carboxylic acids is 1. The van der Waals surface area contributed by atoms with Crippen molar-refractivity contribution in [3.63, 3.8) is 0 Å². The maximum Gasteiger partial charge on any atom is 0.300 e. The van der Waals surface area contributed by atoms with Crippen LogP contribution < -0.4 is 25.4 Å². The minimum atomic E-state index is -0.833. The molecule has 0 amide bonds. The van der Waals surface area contributed by atoms with E-state index < -0.39 is 17.2 Å². The number of ether oxygens (including phenoxy) is 4. The van der Waals surface area contributed by atoms with Crippen molar-refractivity contribution in [1.29, 1.82) is 21.0 Å². The molecule has 4 aromatic rings. The Morgan fingerprint density at radius 2 is 1.04 bits per heavy atom. The Bertz CT molecular complexity index is 3570. The fraction of sp³-hybridized carbons (Fsp3) is 0.361. The van der Waals surface area contributed by atoms with Crippen LogP contribution in [0.15, 0.2) is 130 Å². The van der Waals surface area contributed by atoms with Crippen molar-refractivity contribution in [3.8, 4) is 35.8 Å². The Balaban J connectivity index is 0.000000491. The third kappa shape index (κ3) is 23.5. The summed E-state index contributed by atoms with van der Waals surface area (Å²) in [5.41, 5.74) is 4.62. The third-order valence-corrected chi connectivity index (χ3v) is 15.9. The second-order valence-electron chi connectivity index (χ2n) is 21.2. The van der Waals surface area contributed by atoms with E-state index in [9.17, 15) is 10.1 Å². The lowest BCUT2D eigenvalue weighted by atomic mass is 9.97. The average Bonchev–Trinajstić information content (AvgIpc) is 1.76. The van der Waals surface area contributed by atoms with Crippen LogP contribution in [0.5, 0.6) is 11.5 Å². The van der Waals surface area contributed by atoms with E-state index in [0.717, 1.165) is 87.1 Å². The number of unbranched alkanes of at least 4 members (excludes halogenated alkanes) is 4. The number of allylic oxidation sites excluding steroid dienone is 6. The zero-order chi connectivity index (χ0) is 65.9. The summed E-state index contributed by atoms with van der Waals surface area (Å²) in [6.07, 6.45) is 29.6. The lowest BCUT2D eigenvalue weighted by Gasteiger charge is -2.25. The van der Waals surface area contributed by atoms with Gasteiger partial charge >= 0.3 is 0 Å². The Hall–Kier alpha value is -9.66. The molecule has 2 aromatic heterocycles. The molecule has 2 aliphatic heterocycles. The summed E-state index contributed by atoms with van der Waals surface area (Å²) in [5.74, 6) is 1.09. The minimum Gasteiger partial charge on any atom is -0.505 e. The van der Waals surface area contributed by atoms with Crippen molar-refractivity contribution in [2.45, 2.75) is 132 Å². The molecule has 0 unspecified atom stereocenters. The molecule has 0 spiro atoms. The van der Waals surface area contributed by atoms with E-state index in [2.05, 4.69) is 126 Å². The molecule has 0 atom stereocenters. The minimum absolute atomic E-state index is 0. The molecule has 6 rings (SSSR count). The summed E-state index contributed by atoms with van der Waals surface area (Å²) >= 11 is 3.32. The molecule has 16 nitrogen and oxygen atoms in total. The topological polar surface area (TPSA) is 237 Å². The highest BCUT2D eigenvalue weighted by molar-refractivity contribution is 7.14. The summed E-state index contributed by atoms with van der Waals surface area (Å²) in [4.78, 5) is 35.6. The number of aldehydes is 1. The van der Waals surface area contributed by atoms with Gasteiger partial charge in [0.1, 0.15) is 53.0 Å². The average molecular weight is 1250 g/mol. The van der Waals surface area contributed by atoms with Gasteiger partial charge in [-0.05, 0) is 157 Å². The number of nitrogens with zero attached hydrogens (tertiary/aromatic N) is 8. The smallest absolute Gasteiger partial charge is 0.300 e. The molecule has 0 saturated carbocycles. The Morgan fingerprint density at radius 1 is 0.633 bits per heavy atom. The third-order valence-electron chi connectivity index (χ3n) is 13.9. The number of carbonyl (C=O) groups excluding carboxylic acids is 1. The van der Waals surface area contributed by atoms with Gasteiger partial charge in [0.05, 0.1) is 39.0 Å². The van der Waals surface area contributed by atoms with Crippen molar-refractivity contribution >= 4 is 82.8 Å². The lowest BCUT2D eigenvalue weighted by Crippen LogP contribution is -2.25. The van der Waals surface area contributed by atoms with Gasteiger partial charge in [-0.15, -0.1) is 22.7 Å². The van der Waals surface area contributed by atoms with Gasteiger partial charge in [0, 0.05) is 92.8 Å². The summed E-state index contributed by atoms with van der Waals surface area (Å²) in [6, 6.07) is 28.4. The van der Waals surface area contributed by atoms with E-state index in [0.29, 0.717) is 5.57 Å². The van der Waals surface area contributed by atoms with Gasteiger partial charge in [-0.1, -0.05) is 71.6 Å². The van der Waals surface area contributed by atoms with Gasteiger partial charge in [0.2, 0.25) is 5.70 Å². The monoisotopic (exact) mass is 1250 g/mol. The molecule has 4 heterocycles. The molecule has 0 bridgehead atoms. The summed E-state index contributed by atoms with van der Waals surface area (Å²) in [6.45, 7) is 38.1. The van der Waals surface area contributed by atoms with Crippen molar-refractivity contribution < 1.29 is 33.6 Å². The predicted octanol–water partition coefficient (Wildman–Crippen LogP) is 18.3. The van der Waals surface area contributed by atoms with Crippen LogP contribution in [0.3, 0.4) is 0 Å². The predicted molar refractivity (Wildman–Crippen MR) is 368 cm³/mol. The van der Waals surface area contributed by atoms with Crippen molar-refractivity contribution in [3.05, 3.63) is 184 Å². The van der Waals surface area contributed by atoms with Crippen LogP contribution >= 0.6 is 22.7 Å². The van der Waals surface area contributed by atoms with Gasteiger partial charge in [0.15, 0.2) is 11.3 Å². The van der Waals surface area contributed by atoms with Gasteiger partial charge in [0.25, 0.3) is 11.7 Å². The molecule has 2 aromatic carbocycles. The maximum absolute atomic E-state index is 10.4. The van der Waals surface area contributed by atoms with Crippen molar-refractivity contribution in [2.75, 3.05) is 50.2 Å². The zero-order valence-electron chi connectivity index (χ0n) is 54.1. The van der Waals surface area contributed by atoms with E-state index in [1.54, 1.807) is 69.8 Å². The van der Waals surface area contributed by atoms with Gasteiger partial charge < -0.3 is 40.0 Å². The number of carboxylic acid groups (broad SMARTS) is 1. The van der Waals surface area contributed by atoms with Crippen LogP contribution in [0.25, 0.3) is 46.1 Å². The van der Waals surface area contributed by atoms with E-state index in [4.69, 9.17) is 57.8 Å². The lowest BCUT2D eigenvalue weighted by molar-refractivity contribution is -0.134. The second-order valence-corrected chi connectivity index (χ2v) is 23.5. The van der Waals surface area contributed by atoms with Crippen LogP contribution in [0, 0.1) is 58.5 Å². The zero-order valence-corrected chi connectivity index (χ0v) is 55.7.